The molecule has 0 saturated heterocycles. The summed E-state index contributed by atoms with van der Waals surface area (Å²) in [4.78, 5) is 21.6. The second-order valence-corrected chi connectivity index (χ2v) is 11.2. The van der Waals surface area contributed by atoms with Gasteiger partial charge in [0.05, 0.1) is 11.4 Å². The number of carbonyl (C=O) groups excluding carboxylic acids is 1. The summed E-state index contributed by atoms with van der Waals surface area (Å²) in [5, 5.41) is 8.66. The minimum atomic E-state index is -4.78. The second kappa shape index (κ2) is 12.9. The van der Waals surface area contributed by atoms with Crippen LogP contribution in [0.5, 0.6) is 5.75 Å². The zero-order chi connectivity index (χ0) is 32.3. The third-order valence-electron chi connectivity index (χ3n) is 6.76. The molecule has 13 heteroatoms. The van der Waals surface area contributed by atoms with Gasteiger partial charge in [-0.15, -0.1) is 29.6 Å². The average Bonchev–Trinajstić information content (AvgIpc) is 3.62. The van der Waals surface area contributed by atoms with Crippen LogP contribution in [0.15, 0.2) is 89.6 Å². The van der Waals surface area contributed by atoms with Crippen molar-refractivity contribution in [3.63, 3.8) is 0 Å². The summed E-state index contributed by atoms with van der Waals surface area (Å²) in [6.07, 6.45) is -2.42. The standard InChI is InChI=1S/C32H28F4N6O2S/c1-19(2)28-20(3)6-5-7-27(28)42-21(4)17-45-31(42)39-30(43)37-16-26(33)22-8-10-23(11-9-22)29-38-18-41(40-29)24-12-14-25(15-13-24)44-32(34,35)36/h5-19H,1-4H3,(H,37,43)/b26-16-,39-31-. The molecule has 0 aliphatic heterocycles. The lowest BCUT2D eigenvalue weighted by molar-refractivity contribution is -0.274. The van der Waals surface area contributed by atoms with E-state index in [4.69, 9.17) is 0 Å². The van der Waals surface area contributed by atoms with Crippen LogP contribution in [-0.2, 0) is 0 Å². The summed E-state index contributed by atoms with van der Waals surface area (Å²) in [5.74, 6) is -0.454. The van der Waals surface area contributed by atoms with E-state index in [2.05, 4.69) is 52.0 Å². The molecule has 232 valence electrons. The van der Waals surface area contributed by atoms with Gasteiger partial charge >= 0.3 is 12.4 Å². The Kier molecular flexibility index (Phi) is 9.00. The lowest BCUT2D eigenvalue weighted by Gasteiger charge is -2.17. The van der Waals surface area contributed by atoms with Gasteiger partial charge in [-0.2, -0.15) is 4.99 Å². The van der Waals surface area contributed by atoms with Crippen molar-refractivity contribution in [1.82, 2.24) is 24.6 Å². The third kappa shape index (κ3) is 7.37. The topological polar surface area (TPSA) is 86.3 Å². The number of ether oxygens (including phenoxy) is 1. The van der Waals surface area contributed by atoms with E-state index in [0.29, 0.717) is 21.9 Å². The molecule has 2 aromatic heterocycles. The molecule has 0 saturated carbocycles. The van der Waals surface area contributed by atoms with Crippen molar-refractivity contribution in [3.05, 3.63) is 112 Å². The van der Waals surface area contributed by atoms with E-state index >= 15 is 0 Å². The number of thiazole rings is 1. The van der Waals surface area contributed by atoms with Gasteiger partial charge < -0.3 is 10.1 Å². The molecule has 2 amide bonds. The number of hydrogen-bond donors (Lipinski definition) is 1. The molecule has 0 bridgehead atoms. The Morgan fingerprint density at radius 1 is 1.04 bits per heavy atom. The fourth-order valence-electron chi connectivity index (χ4n) is 4.80. The van der Waals surface area contributed by atoms with E-state index in [0.717, 1.165) is 28.7 Å². The number of aryl methyl sites for hydroxylation is 2. The van der Waals surface area contributed by atoms with E-state index in [-0.39, 0.29) is 17.2 Å². The summed E-state index contributed by atoms with van der Waals surface area (Å²) < 4.78 is 59.4. The number of nitrogens with zero attached hydrogens (tertiary/aromatic N) is 5. The van der Waals surface area contributed by atoms with Crippen molar-refractivity contribution in [2.24, 2.45) is 4.99 Å². The number of aromatic nitrogens is 4. The molecular weight excluding hydrogens is 608 g/mol. The van der Waals surface area contributed by atoms with Crippen LogP contribution < -0.4 is 14.9 Å². The molecule has 0 spiro atoms. The number of carbonyl (C=O) groups is 1. The first-order chi connectivity index (χ1) is 21.4. The van der Waals surface area contributed by atoms with Crippen LogP contribution >= 0.6 is 11.3 Å². The number of amides is 2. The van der Waals surface area contributed by atoms with Crippen molar-refractivity contribution in [2.45, 2.75) is 40.0 Å². The predicted octanol–water partition coefficient (Wildman–Crippen LogP) is 8.00. The van der Waals surface area contributed by atoms with Crippen molar-refractivity contribution < 1.29 is 27.1 Å². The number of nitrogens with one attached hydrogen (secondary N) is 1. The van der Waals surface area contributed by atoms with Gasteiger partial charge in [0.15, 0.2) is 10.6 Å². The minimum absolute atomic E-state index is 0.210. The fourth-order valence-corrected chi connectivity index (χ4v) is 5.67. The Hall–Kier alpha value is -5.04. The van der Waals surface area contributed by atoms with Crippen LogP contribution in [0.4, 0.5) is 22.4 Å². The Balaban J connectivity index is 1.28. The van der Waals surface area contributed by atoms with Crippen molar-refractivity contribution in [1.29, 1.82) is 0 Å². The quantitative estimate of drug-likeness (QED) is 0.184. The van der Waals surface area contributed by atoms with Gasteiger partial charge in [-0.3, -0.25) is 4.57 Å². The number of benzene rings is 3. The van der Waals surface area contributed by atoms with Crippen LogP contribution in [0.25, 0.3) is 28.6 Å². The van der Waals surface area contributed by atoms with Crippen molar-refractivity contribution >= 4 is 23.2 Å². The lowest BCUT2D eigenvalue weighted by Crippen LogP contribution is -2.22. The normalized spacial score (nSPS) is 12.6. The predicted molar refractivity (Wildman–Crippen MR) is 164 cm³/mol. The smallest absolute Gasteiger partial charge is 0.406 e. The van der Waals surface area contributed by atoms with Gasteiger partial charge in [0, 0.05) is 28.4 Å². The Morgan fingerprint density at radius 3 is 2.42 bits per heavy atom. The number of halogens is 4. The maximum atomic E-state index is 15.0. The van der Waals surface area contributed by atoms with Gasteiger partial charge in [-0.1, -0.05) is 50.2 Å². The van der Waals surface area contributed by atoms with Gasteiger partial charge in [-0.25, -0.2) is 18.9 Å². The largest absolute Gasteiger partial charge is 0.573 e. The van der Waals surface area contributed by atoms with E-state index in [1.807, 2.05) is 29.0 Å². The number of alkyl halides is 3. The molecule has 0 atom stereocenters. The summed E-state index contributed by atoms with van der Waals surface area (Å²) in [6, 6.07) is 16.7. The first-order valence-electron chi connectivity index (χ1n) is 13.8. The number of hydrogen-bond acceptors (Lipinski definition) is 5. The van der Waals surface area contributed by atoms with E-state index < -0.39 is 18.2 Å². The zero-order valence-electron chi connectivity index (χ0n) is 24.6. The summed E-state index contributed by atoms with van der Waals surface area (Å²) in [6.45, 7) is 8.22. The van der Waals surface area contributed by atoms with Crippen LogP contribution in [0.2, 0.25) is 0 Å². The van der Waals surface area contributed by atoms with Crippen LogP contribution in [0.1, 0.15) is 42.1 Å². The zero-order valence-corrected chi connectivity index (χ0v) is 25.4. The Bertz CT molecular complexity index is 1920. The van der Waals surface area contributed by atoms with Gasteiger partial charge in [0.2, 0.25) is 0 Å². The summed E-state index contributed by atoms with van der Waals surface area (Å²) >= 11 is 1.32. The monoisotopic (exact) mass is 636 g/mol. The molecule has 0 unspecified atom stereocenters. The SMILES string of the molecule is Cc1cccc(-n2c(C)cs/c2=N\C(=O)N/C=C(\F)c2ccc(-c3ncn(-c4ccc(OC(F)(F)F)cc4)n3)cc2)c1C(C)C. The highest BCUT2D eigenvalue weighted by molar-refractivity contribution is 7.07. The van der Waals surface area contributed by atoms with Gasteiger partial charge in [0.25, 0.3) is 0 Å². The molecule has 1 N–H and O–H groups in total. The molecular formula is C32H28F4N6O2S. The molecule has 0 aliphatic carbocycles. The molecule has 5 aromatic rings. The highest BCUT2D eigenvalue weighted by Gasteiger charge is 2.31. The first-order valence-corrected chi connectivity index (χ1v) is 14.6. The highest BCUT2D eigenvalue weighted by Crippen LogP contribution is 2.28. The Labute approximate surface area is 260 Å². The molecule has 45 heavy (non-hydrogen) atoms. The molecule has 5 rings (SSSR count). The van der Waals surface area contributed by atoms with Gasteiger partial charge in [0.1, 0.15) is 17.9 Å². The second-order valence-electron chi connectivity index (χ2n) is 10.3. The van der Waals surface area contributed by atoms with Crippen LogP contribution in [0.3, 0.4) is 0 Å². The fraction of sp³-hybridized carbons (Fsp3) is 0.188. The van der Waals surface area contributed by atoms with Gasteiger partial charge in [-0.05, 0) is 61.2 Å². The minimum Gasteiger partial charge on any atom is -0.406 e. The maximum Gasteiger partial charge on any atom is 0.573 e. The van der Waals surface area contributed by atoms with E-state index in [9.17, 15) is 22.4 Å². The van der Waals surface area contributed by atoms with E-state index in [1.165, 1.54) is 58.7 Å². The molecule has 0 aliphatic rings. The lowest BCUT2D eigenvalue weighted by atomic mass is 9.96. The molecule has 3 aromatic carbocycles. The average molecular weight is 637 g/mol. The van der Waals surface area contributed by atoms with Crippen molar-refractivity contribution in [2.75, 3.05) is 0 Å². The number of rotatable bonds is 7. The van der Waals surface area contributed by atoms with E-state index in [1.54, 1.807) is 12.1 Å². The number of urea groups is 1. The molecule has 0 fully saturated rings. The molecule has 0 radical (unpaired) electrons. The van der Waals surface area contributed by atoms with Crippen LogP contribution in [-0.4, -0.2) is 31.7 Å². The first kappa shape index (κ1) is 31.4. The van der Waals surface area contributed by atoms with Crippen LogP contribution in [0, 0.1) is 13.8 Å². The Morgan fingerprint density at radius 2 is 1.76 bits per heavy atom. The van der Waals surface area contributed by atoms with Crippen molar-refractivity contribution in [3.8, 4) is 28.5 Å². The highest BCUT2D eigenvalue weighted by atomic mass is 32.1. The summed E-state index contributed by atoms with van der Waals surface area (Å²) in [5.41, 5.74) is 5.43. The molecule has 8 nitrogen and oxygen atoms in total. The maximum absolute atomic E-state index is 15.0. The third-order valence-corrected chi connectivity index (χ3v) is 7.71. The summed E-state index contributed by atoms with van der Waals surface area (Å²) in [7, 11) is 0. The molecule has 2 heterocycles.